The first-order chi connectivity index (χ1) is 10.4. The van der Waals surface area contributed by atoms with Gasteiger partial charge in [0.2, 0.25) is 0 Å². The monoisotopic (exact) mass is 322 g/mol. The van der Waals surface area contributed by atoms with Gasteiger partial charge in [0.15, 0.2) is 5.82 Å². The van der Waals surface area contributed by atoms with Gasteiger partial charge in [-0.25, -0.2) is 9.19 Å². The Bertz CT molecular complexity index is 685. The molecule has 22 heavy (non-hydrogen) atoms. The van der Waals surface area contributed by atoms with Crippen LogP contribution in [-0.2, 0) is 14.5 Å². The molecule has 0 saturated carbocycles. The molecule has 120 valence electrons. The summed E-state index contributed by atoms with van der Waals surface area (Å²) in [6.07, 6.45) is 6.26. The number of aromatic nitrogens is 1. The van der Waals surface area contributed by atoms with Crippen LogP contribution in [0.2, 0.25) is 0 Å². The van der Waals surface area contributed by atoms with Crippen molar-refractivity contribution in [2.45, 2.75) is 13.0 Å². The number of aliphatic imine (C=N–C) groups is 1. The van der Waals surface area contributed by atoms with Crippen LogP contribution in [0.15, 0.2) is 34.3 Å². The number of rotatable bonds is 4. The smallest absolute Gasteiger partial charge is 0.164 e. The molecule has 1 fully saturated rings. The zero-order chi connectivity index (χ0) is 16.2. The van der Waals surface area contributed by atoms with Gasteiger partial charge in [0.25, 0.3) is 0 Å². The fourth-order valence-electron chi connectivity index (χ4n) is 2.27. The summed E-state index contributed by atoms with van der Waals surface area (Å²) in [5.74, 6) is 0.455. The summed E-state index contributed by atoms with van der Waals surface area (Å²) in [6, 6.07) is 4.07. The number of morpholine rings is 1. The first kappa shape index (κ1) is 16.6. The van der Waals surface area contributed by atoms with E-state index < -0.39 is 9.73 Å². The van der Waals surface area contributed by atoms with E-state index in [1.54, 1.807) is 18.7 Å². The standard InChI is InChI=1S/C15H22N4O2S/c1-5-16-10-13-8-14(19-6-7-21-11-12(19)2)9-15(17-13)18-22(3,4)20/h5,8-10,12H,1,6-7,11H2,2-4H3/t12-/m1/s1. The Morgan fingerprint density at radius 2 is 2.27 bits per heavy atom. The van der Waals surface area contributed by atoms with Crippen LogP contribution in [0.5, 0.6) is 0 Å². The molecule has 0 spiro atoms. The van der Waals surface area contributed by atoms with Gasteiger partial charge in [-0.05, 0) is 13.0 Å². The molecule has 0 aliphatic carbocycles. The molecular weight excluding hydrogens is 300 g/mol. The quantitative estimate of drug-likeness (QED) is 0.797. The van der Waals surface area contributed by atoms with Crippen molar-refractivity contribution in [1.82, 2.24) is 4.98 Å². The number of hydrogen-bond acceptors (Lipinski definition) is 6. The normalized spacial score (nSPS) is 19.4. The van der Waals surface area contributed by atoms with Gasteiger partial charge in [0, 0.05) is 52.8 Å². The van der Waals surface area contributed by atoms with Crippen molar-refractivity contribution in [2.24, 2.45) is 9.36 Å². The molecule has 1 aromatic rings. The van der Waals surface area contributed by atoms with Gasteiger partial charge in [-0.1, -0.05) is 6.58 Å². The molecule has 0 aromatic carbocycles. The van der Waals surface area contributed by atoms with Crippen molar-refractivity contribution in [1.29, 1.82) is 0 Å². The predicted octanol–water partition coefficient (Wildman–Crippen LogP) is 2.23. The second-order valence-corrected chi connectivity index (χ2v) is 8.00. The summed E-state index contributed by atoms with van der Waals surface area (Å²) in [6.45, 7) is 7.84. The van der Waals surface area contributed by atoms with Gasteiger partial charge in [-0.15, -0.1) is 0 Å². The minimum Gasteiger partial charge on any atom is -0.377 e. The lowest BCUT2D eigenvalue weighted by Crippen LogP contribution is -2.43. The van der Waals surface area contributed by atoms with E-state index in [1.165, 1.54) is 6.20 Å². The Morgan fingerprint density at radius 3 is 2.91 bits per heavy atom. The van der Waals surface area contributed by atoms with E-state index in [1.807, 2.05) is 12.1 Å². The number of pyridine rings is 1. The third kappa shape index (κ3) is 4.64. The summed E-state index contributed by atoms with van der Waals surface area (Å²) in [5, 5.41) is 0. The van der Waals surface area contributed by atoms with Crippen LogP contribution in [-0.4, -0.2) is 53.7 Å². The lowest BCUT2D eigenvalue weighted by atomic mass is 10.2. The molecule has 1 aliphatic heterocycles. The molecule has 1 aliphatic rings. The topological polar surface area (TPSA) is 67.2 Å². The average Bonchev–Trinajstić information content (AvgIpc) is 2.43. The molecular formula is C15H22N4O2S. The first-order valence-corrected chi connectivity index (χ1v) is 9.40. The van der Waals surface area contributed by atoms with Gasteiger partial charge in [0.05, 0.1) is 25.1 Å². The Balaban J connectivity index is 2.48. The fourth-order valence-corrected chi connectivity index (χ4v) is 2.81. The summed E-state index contributed by atoms with van der Waals surface area (Å²) in [7, 11) is -2.27. The van der Waals surface area contributed by atoms with E-state index in [2.05, 4.69) is 32.7 Å². The van der Waals surface area contributed by atoms with Crippen molar-refractivity contribution < 1.29 is 8.95 Å². The van der Waals surface area contributed by atoms with E-state index in [0.29, 0.717) is 24.7 Å². The van der Waals surface area contributed by atoms with Gasteiger partial charge < -0.3 is 9.64 Å². The van der Waals surface area contributed by atoms with Crippen molar-refractivity contribution in [3.8, 4) is 0 Å². The Hall–Kier alpha value is -1.73. The molecule has 6 nitrogen and oxygen atoms in total. The van der Waals surface area contributed by atoms with Gasteiger partial charge >= 0.3 is 0 Å². The van der Waals surface area contributed by atoms with Crippen LogP contribution in [0, 0.1) is 0 Å². The van der Waals surface area contributed by atoms with E-state index in [-0.39, 0.29) is 6.04 Å². The van der Waals surface area contributed by atoms with Crippen LogP contribution in [0.1, 0.15) is 12.6 Å². The van der Waals surface area contributed by atoms with Gasteiger partial charge in [-0.3, -0.25) is 4.99 Å². The maximum atomic E-state index is 11.9. The lowest BCUT2D eigenvalue weighted by Gasteiger charge is -2.35. The molecule has 1 aromatic heterocycles. The summed E-state index contributed by atoms with van der Waals surface area (Å²) >= 11 is 0. The molecule has 7 heteroatoms. The highest BCUT2D eigenvalue weighted by atomic mass is 32.2. The van der Waals surface area contributed by atoms with Gasteiger partial charge in [0.1, 0.15) is 0 Å². The van der Waals surface area contributed by atoms with Crippen molar-refractivity contribution in [3.05, 3.63) is 30.6 Å². The van der Waals surface area contributed by atoms with E-state index in [4.69, 9.17) is 4.74 Å². The molecule has 0 N–H and O–H groups in total. The molecule has 1 saturated heterocycles. The second kappa shape index (κ2) is 7.02. The molecule has 2 heterocycles. The second-order valence-electron chi connectivity index (χ2n) is 5.46. The zero-order valence-corrected chi connectivity index (χ0v) is 14.0. The van der Waals surface area contributed by atoms with E-state index >= 15 is 0 Å². The third-order valence-corrected chi connectivity index (χ3v) is 3.77. The SMILES string of the molecule is C=CN=Cc1cc(N2CCOC[C@H]2C)cc(N=S(C)(C)=O)n1. The largest absolute Gasteiger partial charge is 0.377 e. The Labute approximate surface area is 132 Å². The fraction of sp³-hybridized carbons (Fsp3) is 0.467. The van der Waals surface area contributed by atoms with E-state index in [9.17, 15) is 4.21 Å². The van der Waals surface area contributed by atoms with Crippen LogP contribution in [0.25, 0.3) is 0 Å². The van der Waals surface area contributed by atoms with Crippen molar-refractivity contribution in [2.75, 3.05) is 37.2 Å². The minimum absolute atomic E-state index is 0.265. The van der Waals surface area contributed by atoms with Gasteiger partial charge in [-0.2, -0.15) is 4.36 Å². The highest BCUT2D eigenvalue weighted by molar-refractivity contribution is 7.92. The Morgan fingerprint density at radius 1 is 1.50 bits per heavy atom. The third-order valence-electron chi connectivity index (χ3n) is 3.14. The lowest BCUT2D eigenvalue weighted by molar-refractivity contribution is 0.0989. The maximum absolute atomic E-state index is 11.9. The zero-order valence-electron chi connectivity index (χ0n) is 13.2. The summed E-state index contributed by atoms with van der Waals surface area (Å²) in [4.78, 5) is 10.6. The molecule has 0 amide bonds. The minimum atomic E-state index is -2.27. The van der Waals surface area contributed by atoms with Crippen molar-refractivity contribution >= 4 is 27.4 Å². The molecule has 1 atom stereocenters. The van der Waals surface area contributed by atoms with Crippen LogP contribution < -0.4 is 4.90 Å². The Kier molecular flexibility index (Phi) is 5.31. The molecule has 0 bridgehead atoms. The van der Waals surface area contributed by atoms with E-state index in [0.717, 1.165) is 12.2 Å². The number of nitrogens with zero attached hydrogens (tertiary/aromatic N) is 4. The highest BCUT2D eigenvalue weighted by Crippen LogP contribution is 2.25. The van der Waals surface area contributed by atoms with Crippen molar-refractivity contribution in [3.63, 3.8) is 0 Å². The van der Waals surface area contributed by atoms with Crippen LogP contribution >= 0.6 is 0 Å². The molecule has 2 rings (SSSR count). The average molecular weight is 322 g/mol. The predicted molar refractivity (Wildman–Crippen MR) is 91.7 cm³/mol. The number of hydrogen-bond donors (Lipinski definition) is 0. The number of anilines is 1. The maximum Gasteiger partial charge on any atom is 0.164 e. The molecule has 0 radical (unpaired) electrons. The number of ether oxygens (including phenoxy) is 1. The molecule has 0 unspecified atom stereocenters. The summed E-state index contributed by atoms with van der Waals surface area (Å²) < 4.78 is 21.6. The van der Waals surface area contributed by atoms with Crippen LogP contribution in [0.4, 0.5) is 11.5 Å². The highest BCUT2D eigenvalue weighted by Gasteiger charge is 2.20. The summed E-state index contributed by atoms with van der Waals surface area (Å²) in [5.41, 5.74) is 1.65. The first-order valence-electron chi connectivity index (χ1n) is 7.07. The van der Waals surface area contributed by atoms with Crippen LogP contribution in [0.3, 0.4) is 0 Å².